The van der Waals surface area contributed by atoms with Crippen LogP contribution in [0.4, 0.5) is 0 Å². The normalized spacial score (nSPS) is 40.5. The fourth-order valence-corrected chi connectivity index (χ4v) is 9.54. The quantitative estimate of drug-likeness (QED) is 0.347. The molecular weight excluding hydrogens is 512 g/mol. The van der Waals surface area contributed by atoms with Crippen LogP contribution in [0.15, 0.2) is 54.1 Å². The smallest absolute Gasteiger partial charge is 0.302 e. The van der Waals surface area contributed by atoms with E-state index in [-0.39, 0.29) is 59.3 Å². The summed E-state index contributed by atoms with van der Waals surface area (Å²) >= 11 is 0. The summed E-state index contributed by atoms with van der Waals surface area (Å²) in [4.78, 5) is 27.6. The van der Waals surface area contributed by atoms with E-state index in [0.29, 0.717) is 17.4 Å². The fraction of sp³-hybridized carbons (Fsp3) is 0.657. The van der Waals surface area contributed by atoms with Gasteiger partial charge in [0.1, 0.15) is 6.10 Å². The van der Waals surface area contributed by atoms with E-state index < -0.39 is 5.41 Å². The first-order chi connectivity index (χ1) is 19.4. The zero-order chi connectivity index (χ0) is 29.7. The van der Waals surface area contributed by atoms with E-state index in [9.17, 15) is 14.7 Å². The molecule has 0 heterocycles. The Labute approximate surface area is 246 Å². The molecule has 2 saturated carbocycles. The largest absolute Gasteiger partial charge is 0.462 e. The molecule has 0 aromatic heterocycles. The Morgan fingerprint density at radius 2 is 1.80 bits per heavy atom. The highest BCUT2D eigenvalue weighted by atomic mass is 16.5. The number of ether oxygens (including phenoxy) is 1. The Kier molecular flexibility index (Phi) is 8.06. The number of amides is 1. The second-order valence-corrected chi connectivity index (χ2v) is 14.4. The number of fused-ring (bicyclic) bond motifs is 4. The molecule has 5 rings (SSSR count). The number of carbonyl (C=O) groups is 2. The lowest BCUT2D eigenvalue weighted by Crippen LogP contribution is -2.54. The van der Waals surface area contributed by atoms with Gasteiger partial charge in [-0.3, -0.25) is 9.59 Å². The number of allylic oxidation sites excluding steroid dienone is 3. The van der Waals surface area contributed by atoms with E-state index in [1.54, 1.807) is 6.92 Å². The van der Waals surface area contributed by atoms with Crippen LogP contribution in [0.2, 0.25) is 0 Å². The fourth-order valence-electron chi connectivity index (χ4n) is 9.54. The highest BCUT2D eigenvalue weighted by Gasteiger charge is 2.65. The lowest BCUT2D eigenvalue weighted by Gasteiger charge is -2.53. The number of benzene rings is 1. The van der Waals surface area contributed by atoms with Crippen LogP contribution >= 0.6 is 0 Å². The molecule has 10 unspecified atom stereocenters. The van der Waals surface area contributed by atoms with Crippen LogP contribution in [0, 0.1) is 39.9 Å². The summed E-state index contributed by atoms with van der Waals surface area (Å²) in [6.07, 6.45) is 11.8. The van der Waals surface area contributed by atoms with E-state index in [4.69, 9.17) is 4.74 Å². The van der Waals surface area contributed by atoms with E-state index in [2.05, 4.69) is 70.2 Å². The summed E-state index contributed by atoms with van der Waals surface area (Å²) < 4.78 is 6.09. The van der Waals surface area contributed by atoms with Crippen LogP contribution in [0.25, 0.3) is 0 Å². The van der Waals surface area contributed by atoms with Crippen molar-refractivity contribution in [3.05, 3.63) is 59.7 Å². The maximum Gasteiger partial charge on any atom is 0.302 e. The maximum absolute atomic E-state index is 13.1. The minimum Gasteiger partial charge on any atom is -0.462 e. The summed E-state index contributed by atoms with van der Waals surface area (Å²) in [7, 11) is 4.26. The molecule has 0 bridgehead atoms. The zero-order valence-electron chi connectivity index (χ0n) is 26.0. The van der Waals surface area contributed by atoms with Gasteiger partial charge >= 0.3 is 5.97 Å². The molecule has 1 aromatic carbocycles. The second kappa shape index (κ2) is 11.0. The highest BCUT2D eigenvalue weighted by molar-refractivity contribution is 5.94. The van der Waals surface area contributed by atoms with Gasteiger partial charge in [0.15, 0.2) is 0 Å². The molecule has 4 aliphatic carbocycles. The molecule has 2 N–H and O–H groups in total. The molecule has 6 heteroatoms. The average molecular weight is 563 g/mol. The molecule has 0 spiro atoms. The topological polar surface area (TPSA) is 78.9 Å². The number of carbonyl (C=O) groups excluding carboxylic acids is 2. The number of hydrogen-bond acceptors (Lipinski definition) is 5. The van der Waals surface area contributed by atoms with Crippen molar-refractivity contribution in [1.29, 1.82) is 0 Å². The van der Waals surface area contributed by atoms with Crippen LogP contribution < -0.4 is 5.32 Å². The van der Waals surface area contributed by atoms with Crippen molar-refractivity contribution in [2.24, 2.45) is 39.9 Å². The Morgan fingerprint density at radius 1 is 1.10 bits per heavy atom. The van der Waals surface area contributed by atoms with E-state index >= 15 is 0 Å². The van der Waals surface area contributed by atoms with Gasteiger partial charge in [-0.15, -0.1) is 0 Å². The third-order valence-electron chi connectivity index (χ3n) is 12.2. The van der Waals surface area contributed by atoms with E-state index in [1.807, 2.05) is 30.3 Å². The third-order valence-corrected chi connectivity index (χ3v) is 12.2. The molecular formula is C35H50N2O4. The maximum atomic E-state index is 13.1. The molecule has 0 saturated heterocycles. The Hall–Kier alpha value is -2.44. The first kappa shape index (κ1) is 30.0. The highest BCUT2D eigenvalue weighted by Crippen LogP contribution is 2.69. The molecule has 1 amide bonds. The van der Waals surface area contributed by atoms with Crippen LogP contribution in [-0.4, -0.2) is 60.8 Å². The van der Waals surface area contributed by atoms with Gasteiger partial charge in [0.05, 0.1) is 12.6 Å². The molecule has 41 heavy (non-hydrogen) atoms. The van der Waals surface area contributed by atoms with Crippen LogP contribution in [-0.2, 0) is 9.53 Å². The van der Waals surface area contributed by atoms with E-state index in [0.717, 1.165) is 32.1 Å². The van der Waals surface area contributed by atoms with Crippen LogP contribution in [0.5, 0.6) is 0 Å². The molecule has 1 aromatic rings. The van der Waals surface area contributed by atoms with Gasteiger partial charge < -0.3 is 20.1 Å². The SMILES string of the molecule is CC(=O)OC1CC2(C)C3CCC4C(C=CC(NC(=O)c5ccccc5)C4(C)CO)CC3=CCC2(C)C1C(C)N(C)C. The van der Waals surface area contributed by atoms with Crippen molar-refractivity contribution in [2.45, 2.75) is 84.9 Å². The van der Waals surface area contributed by atoms with Gasteiger partial charge in [-0.05, 0) is 93.8 Å². The van der Waals surface area contributed by atoms with Crippen LogP contribution in [0.1, 0.15) is 77.1 Å². The Bertz CT molecular complexity index is 1210. The summed E-state index contributed by atoms with van der Waals surface area (Å²) in [5, 5.41) is 14.1. The van der Waals surface area contributed by atoms with Gasteiger partial charge in [-0.1, -0.05) is 62.8 Å². The molecule has 2 fully saturated rings. The zero-order valence-corrected chi connectivity index (χ0v) is 26.0. The number of esters is 1. The van der Waals surface area contributed by atoms with Gasteiger partial charge in [0, 0.05) is 29.9 Å². The summed E-state index contributed by atoms with van der Waals surface area (Å²) in [6.45, 7) is 10.9. The number of aliphatic hydroxyl groups is 1. The van der Waals surface area contributed by atoms with Crippen molar-refractivity contribution in [1.82, 2.24) is 10.2 Å². The van der Waals surface area contributed by atoms with Gasteiger partial charge in [-0.25, -0.2) is 0 Å². The molecule has 6 nitrogen and oxygen atoms in total. The van der Waals surface area contributed by atoms with E-state index in [1.165, 1.54) is 5.57 Å². The molecule has 4 aliphatic rings. The third kappa shape index (κ3) is 4.89. The van der Waals surface area contributed by atoms with Crippen molar-refractivity contribution >= 4 is 11.9 Å². The molecule has 10 atom stereocenters. The lowest BCUT2D eigenvalue weighted by molar-refractivity contribution is -0.150. The Balaban J connectivity index is 1.44. The predicted octanol–water partition coefficient (Wildman–Crippen LogP) is 5.63. The number of nitrogens with one attached hydrogen (secondary N) is 1. The molecule has 0 aliphatic heterocycles. The molecule has 224 valence electrons. The van der Waals surface area contributed by atoms with Crippen molar-refractivity contribution in [3.8, 4) is 0 Å². The average Bonchev–Trinajstić information content (AvgIpc) is 3.04. The second-order valence-electron chi connectivity index (χ2n) is 14.4. The molecule has 0 radical (unpaired) electrons. The van der Waals surface area contributed by atoms with Crippen molar-refractivity contribution in [2.75, 3.05) is 20.7 Å². The number of aliphatic hydroxyl groups excluding tert-OH is 1. The monoisotopic (exact) mass is 562 g/mol. The van der Waals surface area contributed by atoms with Crippen LogP contribution in [0.3, 0.4) is 0 Å². The van der Waals surface area contributed by atoms with Crippen molar-refractivity contribution in [3.63, 3.8) is 0 Å². The summed E-state index contributed by atoms with van der Waals surface area (Å²) in [5.74, 6) is 0.929. The summed E-state index contributed by atoms with van der Waals surface area (Å²) in [6, 6.07) is 9.37. The van der Waals surface area contributed by atoms with Gasteiger partial charge in [-0.2, -0.15) is 0 Å². The van der Waals surface area contributed by atoms with Crippen molar-refractivity contribution < 1.29 is 19.4 Å². The minimum absolute atomic E-state index is 0.000111. The minimum atomic E-state index is -0.458. The number of hydrogen-bond donors (Lipinski definition) is 2. The lowest BCUT2D eigenvalue weighted by atomic mass is 9.51. The standard InChI is InChI=1S/C35H50N2O4/c1-22(37(6)7)31-29(41-23(2)39)20-35(5)28-15-14-27-25(19-26(28)17-18-34(31,35)4)13-16-30(33(27,3)21-38)36-32(40)24-11-9-8-10-12-24/h8-13,16-17,22,25,27-31,38H,14-15,18-21H2,1-7H3,(H,36,40). The first-order valence-corrected chi connectivity index (χ1v) is 15.5. The summed E-state index contributed by atoms with van der Waals surface area (Å²) in [5.41, 5.74) is 1.72. The first-order valence-electron chi connectivity index (χ1n) is 15.5. The van der Waals surface area contributed by atoms with Gasteiger partial charge in [0.2, 0.25) is 0 Å². The number of nitrogens with zero attached hydrogens (tertiary/aromatic N) is 1. The number of rotatable bonds is 6. The Morgan fingerprint density at radius 3 is 2.44 bits per heavy atom. The predicted molar refractivity (Wildman–Crippen MR) is 162 cm³/mol. The van der Waals surface area contributed by atoms with Gasteiger partial charge in [0.25, 0.3) is 5.91 Å².